The van der Waals surface area contributed by atoms with Crippen LogP contribution in [0.3, 0.4) is 0 Å². The number of carbonyl (C=O) groups is 1. The lowest BCUT2D eigenvalue weighted by Crippen LogP contribution is -2.25. The first kappa shape index (κ1) is 14.8. The molecule has 6 heteroatoms. The van der Waals surface area contributed by atoms with Gasteiger partial charge < -0.3 is 10.7 Å². The van der Waals surface area contributed by atoms with E-state index in [4.69, 9.17) is 17.3 Å². The summed E-state index contributed by atoms with van der Waals surface area (Å²) in [6, 6.07) is 1.88. The normalized spacial score (nSPS) is 23.4. The summed E-state index contributed by atoms with van der Waals surface area (Å²) in [5, 5.41) is 5.13. The van der Waals surface area contributed by atoms with E-state index in [-0.39, 0.29) is 11.8 Å². The molecule has 0 saturated carbocycles. The van der Waals surface area contributed by atoms with Crippen molar-refractivity contribution in [3.63, 3.8) is 0 Å². The van der Waals surface area contributed by atoms with Crippen molar-refractivity contribution in [3.05, 3.63) is 33.7 Å². The minimum absolute atomic E-state index is 0.0267. The van der Waals surface area contributed by atoms with Crippen molar-refractivity contribution in [3.8, 4) is 0 Å². The van der Waals surface area contributed by atoms with Crippen LogP contribution in [0.4, 0.5) is 5.82 Å². The molecule has 0 fully saturated rings. The van der Waals surface area contributed by atoms with E-state index in [2.05, 4.69) is 17.0 Å². The molecule has 0 saturated heterocycles. The zero-order valence-electron chi connectivity index (χ0n) is 13.2. The fourth-order valence-corrected chi connectivity index (χ4v) is 4.20. The Kier molecular flexibility index (Phi) is 3.48. The molecule has 1 unspecified atom stereocenters. The number of fused-ring (bicyclic) bond motifs is 2. The van der Waals surface area contributed by atoms with Crippen LogP contribution in [-0.4, -0.2) is 20.7 Å². The maximum absolute atomic E-state index is 13.1. The summed E-state index contributed by atoms with van der Waals surface area (Å²) in [6.07, 6.45) is 5.67. The number of aryl methyl sites for hydroxylation is 2. The van der Waals surface area contributed by atoms with Gasteiger partial charge in [-0.15, -0.1) is 0 Å². The van der Waals surface area contributed by atoms with Gasteiger partial charge in [-0.05, 0) is 56.1 Å². The molecule has 3 N–H and O–H groups in total. The third kappa shape index (κ3) is 2.38. The van der Waals surface area contributed by atoms with Crippen molar-refractivity contribution in [2.45, 2.75) is 51.4 Å². The number of nitrogens with zero attached hydrogens (tertiary/aromatic N) is 2. The number of hydrogen-bond donors (Lipinski definition) is 2. The monoisotopic (exact) mass is 332 g/mol. The molecule has 0 aromatic carbocycles. The molecule has 0 bridgehead atoms. The van der Waals surface area contributed by atoms with Gasteiger partial charge in [0.1, 0.15) is 11.0 Å². The van der Waals surface area contributed by atoms with Crippen LogP contribution < -0.4 is 5.73 Å². The Morgan fingerprint density at radius 3 is 3.09 bits per heavy atom. The summed E-state index contributed by atoms with van der Waals surface area (Å²) in [6.45, 7) is 2.22. The summed E-state index contributed by atoms with van der Waals surface area (Å²) >= 11 is 6.08. The molecule has 2 aromatic heterocycles. The van der Waals surface area contributed by atoms with E-state index in [1.807, 2.05) is 6.07 Å². The van der Waals surface area contributed by atoms with E-state index in [0.717, 1.165) is 61.0 Å². The zero-order chi connectivity index (χ0) is 16.1. The number of anilines is 1. The number of hydrogen-bond acceptors (Lipinski definition) is 3. The van der Waals surface area contributed by atoms with Gasteiger partial charge in [0.25, 0.3) is 5.91 Å². The number of aromatic nitrogens is 3. The number of aromatic amines is 1. The van der Waals surface area contributed by atoms with E-state index in [9.17, 15) is 4.79 Å². The average Bonchev–Trinajstić information content (AvgIpc) is 3.06. The molecule has 122 valence electrons. The maximum atomic E-state index is 13.1. The zero-order valence-corrected chi connectivity index (χ0v) is 14.0. The highest BCUT2D eigenvalue weighted by Gasteiger charge is 2.32. The number of nitrogens with one attached hydrogen (secondary N) is 1. The van der Waals surface area contributed by atoms with Crippen LogP contribution in [0, 0.1) is 5.92 Å². The lowest BCUT2D eigenvalue weighted by Gasteiger charge is -2.21. The third-order valence-electron chi connectivity index (χ3n) is 5.24. The fourth-order valence-electron chi connectivity index (χ4n) is 3.97. The van der Waals surface area contributed by atoms with Crippen LogP contribution in [0.25, 0.3) is 0 Å². The van der Waals surface area contributed by atoms with Gasteiger partial charge in [0.15, 0.2) is 0 Å². The topological polar surface area (TPSA) is 76.7 Å². The van der Waals surface area contributed by atoms with Crippen molar-refractivity contribution < 1.29 is 4.79 Å². The maximum Gasteiger partial charge on any atom is 0.256 e. The lowest BCUT2D eigenvalue weighted by atomic mass is 9.86. The van der Waals surface area contributed by atoms with Gasteiger partial charge in [-0.2, -0.15) is 9.78 Å². The second-order valence-corrected chi connectivity index (χ2v) is 7.31. The number of rotatable bonds is 1. The molecule has 0 spiro atoms. The van der Waals surface area contributed by atoms with Crippen molar-refractivity contribution in [1.29, 1.82) is 0 Å². The second kappa shape index (κ2) is 5.41. The summed E-state index contributed by atoms with van der Waals surface area (Å²) in [4.78, 5) is 16.2. The molecule has 2 heterocycles. The molecule has 0 radical (unpaired) electrons. The summed E-state index contributed by atoms with van der Waals surface area (Å²) in [5.74, 6) is 0.900. The molecular weight excluding hydrogens is 312 g/mol. The molecule has 2 aromatic rings. The van der Waals surface area contributed by atoms with Gasteiger partial charge >= 0.3 is 0 Å². The average molecular weight is 333 g/mol. The molecule has 0 amide bonds. The SMILES string of the molecule is CC1CCc2nn(C(=O)[C@@H]3CCCc4[nH]c(Cl)cc43)c(N)c2C1. The number of nitrogen functional groups attached to an aromatic ring is 1. The Morgan fingerprint density at radius 1 is 1.43 bits per heavy atom. The molecule has 2 atom stereocenters. The van der Waals surface area contributed by atoms with Crippen LogP contribution in [0.1, 0.15) is 59.4 Å². The van der Waals surface area contributed by atoms with Crippen LogP contribution in [0.15, 0.2) is 6.07 Å². The van der Waals surface area contributed by atoms with Crippen molar-refractivity contribution in [1.82, 2.24) is 14.8 Å². The van der Waals surface area contributed by atoms with Crippen molar-refractivity contribution in [2.24, 2.45) is 5.92 Å². The Labute approximate surface area is 140 Å². The summed E-state index contributed by atoms with van der Waals surface area (Å²) in [5.41, 5.74) is 10.4. The van der Waals surface area contributed by atoms with Crippen LogP contribution >= 0.6 is 11.6 Å². The van der Waals surface area contributed by atoms with Gasteiger partial charge in [0, 0.05) is 11.3 Å². The molecule has 2 aliphatic rings. The van der Waals surface area contributed by atoms with Gasteiger partial charge in [0.2, 0.25) is 0 Å². The minimum atomic E-state index is -0.205. The van der Waals surface area contributed by atoms with E-state index in [0.29, 0.717) is 16.9 Å². The Bertz CT molecular complexity index is 776. The largest absolute Gasteiger partial charge is 0.383 e. The van der Waals surface area contributed by atoms with Crippen LogP contribution in [-0.2, 0) is 19.3 Å². The molecule has 4 rings (SSSR count). The molecule has 23 heavy (non-hydrogen) atoms. The van der Waals surface area contributed by atoms with Gasteiger partial charge in [-0.3, -0.25) is 4.79 Å². The molecule has 2 aliphatic carbocycles. The summed E-state index contributed by atoms with van der Waals surface area (Å²) in [7, 11) is 0. The first-order valence-corrected chi connectivity index (χ1v) is 8.70. The summed E-state index contributed by atoms with van der Waals surface area (Å²) < 4.78 is 1.45. The highest BCUT2D eigenvalue weighted by atomic mass is 35.5. The Balaban J connectivity index is 1.71. The van der Waals surface area contributed by atoms with Crippen molar-refractivity contribution in [2.75, 3.05) is 5.73 Å². The standard InChI is InChI=1S/C17H21ClN4O/c1-9-5-6-14-12(7-9)16(19)22(21-14)17(23)10-3-2-4-13-11(10)8-15(18)20-13/h8-10,20H,2-7,19H2,1H3/t9?,10-/m1/s1. The quantitative estimate of drug-likeness (QED) is 0.840. The van der Waals surface area contributed by atoms with E-state index < -0.39 is 0 Å². The highest BCUT2D eigenvalue weighted by molar-refractivity contribution is 6.29. The number of halogens is 1. The Hall–Kier alpha value is -1.75. The Morgan fingerprint density at radius 2 is 2.26 bits per heavy atom. The van der Waals surface area contributed by atoms with E-state index in [1.54, 1.807) is 0 Å². The highest BCUT2D eigenvalue weighted by Crippen LogP contribution is 2.36. The molecular formula is C17H21ClN4O. The van der Waals surface area contributed by atoms with E-state index >= 15 is 0 Å². The van der Waals surface area contributed by atoms with Gasteiger partial charge in [-0.1, -0.05) is 18.5 Å². The number of nitrogens with two attached hydrogens (primary N) is 1. The molecule has 5 nitrogen and oxygen atoms in total. The number of carbonyl (C=O) groups excluding carboxylic acids is 1. The van der Waals surface area contributed by atoms with Gasteiger partial charge in [-0.25, -0.2) is 0 Å². The fraction of sp³-hybridized carbons (Fsp3) is 0.529. The molecule has 0 aliphatic heterocycles. The smallest absolute Gasteiger partial charge is 0.256 e. The third-order valence-corrected chi connectivity index (χ3v) is 5.44. The number of H-pyrrole nitrogens is 1. The lowest BCUT2D eigenvalue weighted by molar-refractivity contribution is 0.0854. The second-order valence-electron chi connectivity index (χ2n) is 6.90. The first-order valence-electron chi connectivity index (χ1n) is 8.32. The minimum Gasteiger partial charge on any atom is -0.383 e. The van der Waals surface area contributed by atoms with Crippen LogP contribution in [0.2, 0.25) is 5.15 Å². The predicted molar refractivity (Wildman–Crippen MR) is 89.9 cm³/mol. The van der Waals surface area contributed by atoms with Crippen molar-refractivity contribution >= 4 is 23.3 Å². The first-order chi connectivity index (χ1) is 11.0. The van der Waals surface area contributed by atoms with Crippen LogP contribution in [0.5, 0.6) is 0 Å². The predicted octanol–water partition coefficient (Wildman–Crippen LogP) is 3.33. The van der Waals surface area contributed by atoms with E-state index in [1.165, 1.54) is 4.68 Å². The van der Waals surface area contributed by atoms with Gasteiger partial charge in [0.05, 0.1) is 11.6 Å².